The molecule has 2 aromatic rings. The van der Waals surface area contributed by atoms with Crippen LogP contribution in [0, 0.1) is 0 Å². The summed E-state index contributed by atoms with van der Waals surface area (Å²) in [7, 11) is 0. The molecule has 4 nitrogen and oxygen atoms in total. The van der Waals surface area contributed by atoms with Crippen molar-refractivity contribution in [3.63, 3.8) is 0 Å². The first kappa shape index (κ1) is 18.5. The highest BCUT2D eigenvalue weighted by Gasteiger charge is 2.18. The molecule has 4 heteroatoms. The van der Waals surface area contributed by atoms with Gasteiger partial charge in [-0.05, 0) is 31.5 Å². The lowest BCUT2D eigenvalue weighted by molar-refractivity contribution is -0.918. The monoisotopic (exact) mass is 351 g/mol. The van der Waals surface area contributed by atoms with Crippen molar-refractivity contribution in [1.82, 2.24) is 5.01 Å². The van der Waals surface area contributed by atoms with Crippen molar-refractivity contribution >= 4 is 11.9 Å². The van der Waals surface area contributed by atoms with Crippen molar-refractivity contribution in [3.05, 3.63) is 65.7 Å². The van der Waals surface area contributed by atoms with Gasteiger partial charge in [-0.2, -0.15) is 5.10 Å². The van der Waals surface area contributed by atoms with E-state index in [1.54, 1.807) is 4.90 Å². The third-order valence-electron chi connectivity index (χ3n) is 5.14. The zero-order valence-corrected chi connectivity index (χ0v) is 16.1. The normalized spacial score (nSPS) is 15.5. The van der Waals surface area contributed by atoms with Crippen molar-refractivity contribution in [2.24, 2.45) is 5.10 Å². The molecule has 2 aromatic carbocycles. The Morgan fingerprint density at radius 1 is 0.962 bits per heavy atom. The highest BCUT2D eigenvalue weighted by molar-refractivity contribution is 5.80. The maximum atomic E-state index is 4.69. The van der Waals surface area contributed by atoms with Gasteiger partial charge in [-0.3, -0.25) is 5.01 Å². The molecule has 0 bridgehead atoms. The minimum Gasteiger partial charge on any atom is -0.372 e. The Morgan fingerprint density at radius 2 is 1.62 bits per heavy atom. The lowest BCUT2D eigenvalue weighted by Gasteiger charge is -2.30. The average Bonchev–Trinajstić information content (AvgIpc) is 2.70. The lowest BCUT2D eigenvalue weighted by atomic mass is 10.2. The summed E-state index contributed by atoms with van der Waals surface area (Å²) in [5.41, 5.74) is 3.87. The molecule has 3 rings (SSSR count). The van der Waals surface area contributed by atoms with Crippen LogP contribution in [0.3, 0.4) is 0 Å². The largest absolute Gasteiger partial charge is 0.372 e. The van der Waals surface area contributed by atoms with Gasteiger partial charge in [0.2, 0.25) is 0 Å². The van der Waals surface area contributed by atoms with E-state index >= 15 is 0 Å². The van der Waals surface area contributed by atoms with E-state index in [-0.39, 0.29) is 0 Å². The van der Waals surface area contributed by atoms with E-state index in [4.69, 9.17) is 5.10 Å². The Bertz CT molecular complexity index is 669. The van der Waals surface area contributed by atoms with Gasteiger partial charge in [0.25, 0.3) is 0 Å². The van der Waals surface area contributed by atoms with Crippen LogP contribution in [0.5, 0.6) is 0 Å². The summed E-state index contributed by atoms with van der Waals surface area (Å²) in [6, 6.07) is 19.5. The standard InChI is InChI=1S/C22H30N4/c1-3-25(4-2)22-12-10-20(11-13-22)18-23-26-16-14-24(15-17-26)19-21-8-6-5-7-9-21/h5-13,18H,3-4,14-17,19H2,1-2H3/p+1. The van der Waals surface area contributed by atoms with Crippen molar-refractivity contribution < 1.29 is 4.90 Å². The average molecular weight is 352 g/mol. The summed E-state index contributed by atoms with van der Waals surface area (Å²) < 4.78 is 0. The highest BCUT2D eigenvalue weighted by atomic mass is 15.5. The number of hydrogen-bond acceptors (Lipinski definition) is 3. The van der Waals surface area contributed by atoms with Crippen molar-refractivity contribution in [2.45, 2.75) is 20.4 Å². The zero-order chi connectivity index (χ0) is 18.2. The van der Waals surface area contributed by atoms with E-state index in [1.165, 1.54) is 16.8 Å². The third-order valence-corrected chi connectivity index (χ3v) is 5.14. The van der Waals surface area contributed by atoms with Gasteiger partial charge in [0.1, 0.15) is 6.54 Å². The molecule has 1 fully saturated rings. The number of anilines is 1. The van der Waals surface area contributed by atoms with Crippen LogP contribution >= 0.6 is 0 Å². The Balaban J connectivity index is 1.48. The molecular weight excluding hydrogens is 320 g/mol. The van der Waals surface area contributed by atoms with Gasteiger partial charge in [0.15, 0.2) is 0 Å². The van der Waals surface area contributed by atoms with Crippen LogP contribution in [-0.4, -0.2) is 50.5 Å². The van der Waals surface area contributed by atoms with Gasteiger partial charge in [-0.15, -0.1) is 0 Å². The number of nitrogens with one attached hydrogen (secondary N) is 1. The van der Waals surface area contributed by atoms with Gasteiger partial charge in [0.05, 0.1) is 32.4 Å². The first-order valence-corrected chi connectivity index (χ1v) is 9.80. The van der Waals surface area contributed by atoms with Crippen LogP contribution in [0.1, 0.15) is 25.0 Å². The molecule has 1 N–H and O–H groups in total. The predicted molar refractivity (Wildman–Crippen MR) is 110 cm³/mol. The SMILES string of the molecule is CCN(CC)c1ccc(C=NN2CC[NH+](Cc3ccccc3)CC2)cc1. The highest BCUT2D eigenvalue weighted by Crippen LogP contribution is 2.14. The number of quaternary nitrogens is 1. The molecule has 1 aliphatic rings. The fourth-order valence-corrected chi connectivity index (χ4v) is 3.50. The van der Waals surface area contributed by atoms with E-state index in [2.05, 4.69) is 78.4 Å². The van der Waals surface area contributed by atoms with Crippen LogP contribution in [0.15, 0.2) is 59.7 Å². The van der Waals surface area contributed by atoms with E-state index < -0.39 is 0 Å². The lowest BCUT2D eigenvalue weighted by Crippen LogP contribution is -3.13. The second-order valence-corrected chi connectivity index (χ2v) is 6.87. The minimum absolute atomic E-state index is 1.02. The number of hydrogen-bond donors (Lipinski definition) is 1. The molecule has 1 saturated heterocycles. The van der Waals surface area contributed by atoms with Crippen LogP contribution in [0.2, 0.25) is 0 Å². The first-order chi connectivity index (χ1) is 12.8. The number of hydrazone groups is 1. The maximum absolute atomic E-state index is 4.69. The van der Waals surface area contributed by atoms with E-state index in [0.29, 0.717) is 0 Å². The van der Waals surface area contributed by atoms with Crippen LogP contribution in [0.25, 0.3) is 0 Å². The molecule has 0 atom stereocenters. The predicted octanol–water partition coefficient (Wildman–Crippen LogP) is 2.27. The molecule has 0 saturated carbocycles. The molecule has 0 unspecified atom stereocenters. The topological polar surface area (TPSA) is 23.3 Å². The van der Waals surface area contributed by atoms with Gasteiger partial charge in [0, 0.05) is 24.3 Å². The van der Waals surface area contributed by atoms with Crippen LogP contribution < -0.4 is 9.80 Å². The number of nitrogens with zero attached hydrogens (tertiary/aromatic N) is 3. The van der Waals surface area contributed by atoms with Crippen LogP contribution in [0.4, 0.5) is 5.69 Å². The number of piperazine rings is 1. The fourth-order valence-electron chi connectivity index (χ4n) is 3.50. The third kappa shape index (κ3) is 5.09. The van der Waals surface area contributed by atoms with Crippen molar-refractivity contribution in [2.75, 3.05) is 44.2 Å². The second kappa shape index (κ2) is 9.39. The molecule has 0 aliphatic carbocycles. The molecule has 0 spiro atoms. The molecule has 138 valence electrons. The van der Waals surface area contributed by atoms with Gasteiger partial charge in [-0.25, -0.2) is 0 Å². The molecule has 1 aliphatic heterocycles. The second-order valence-electron chi connectivity index (χ2n) is 6.87. The fraction of sp³-hybridized carbons (Fsp3) is 0.409. The maximum Gasteiger partial charge on any atom is 0.103 e. The molecule has 0 aromatic heterocycles. The molecule has 26 heavy (non-hydrogen) atoms. The van der Waals surface area contributed by atoms with E-state index in [0.717, 1.165) is 45.8 Å². The molecular formula is C22H31N4+. The first-order valence-electron chi connectivity index (χ1n) is 9.80. The minimum atomic E-state index is 1.02. The molecule has 0 amide bonds. The summed E-state index contributed by atoms with van der Waals surface area (Å²) in [5.74, 6) is 0. The molecule has 1 heterocycles. The van der Waals surface area contributed by atoms with Crippen molar-refractivity contribution in [3.8, 4) is 0 Å². The van der Waals surface area contributed by atoms with E-state index in [9.17, 15) is 0 Å². The summed E-state index contributed by atoms with van der Waals surface area (Å²) in [5, 5.41) is 6.89. The quantitative estimate of drug-likeness (QED) is 0.774. The number of rotatable bonds is 7. The van der Waals surface area contributed by atoms with Gasteiger partial charge >= 0.3 is 0 Å². The smallest absolute Gasteiger partial charge is 0.103 e. The summed E-state index contributed by atoms with van der Waals surface area (Å²) >= 11 is 0. The van der Waals surface area contributed by atoms with Gasteiger partial charge in [-0.1, -0.05) is 42.5 Å². The Morgan fingerprint density at radius 3 is 2.23 bits per heavy atom. The van der Waals surface area contributed by atoms with Crippen LogP contribution in [-0.2, 0) is 6.54 Å². The van der Waals surface area contributed by atoms with Crippen molar-refractivity contribution in [1.29, 1.82) is 0 Å². The molecule has 0 radical (unpaired) electrons. The zero-order valence-electron chi connectivity index (χ0n) is 16.1. The Kier molecular flexibility index (Phi) is 6.67. The number of benzene rings is 2. The van der Waals surface area contributed by atoms with E-state index in [1.807, 2.05) is 6.21 Å². The Labute approximate surface area is 157 Å². The summed E-state index contributed by atoms with van der Waals surface area (Å²) in [6.45, 7) is 11.9. The Hall–Kier alpha value is -2.33. The summed E-state index contributed by atoms with van der Waals surface area (Å²) in [4.78, 5) is 4.00. The van der Waals surface area contributed by atoms with Gasteiger partial charge < -0.3 is 9.80 Å². The summed E-state index contributed by atoms with van der Waals surface area (Å²) in [6.07, 6.45) is 1.99.